The van der Waals surface area contributed by atoms with Gasteiger partial charge in [0, 0.05) is 5.39 Å². The van der Waals surface area contributed by atoms with Crippen molar-refractivity contribution in [1.29, 1.82) is 0 Å². The normalized spacial score (nSPS) is 18.7. The maximum Gasteiger partial charge on any atom is 0.349 e. The van der Waals surface area contributed by atoms with E-state index in [1.807, 2.05) is 0 Å². The molecule has 146 valence electrons. The lowest BCUT2D eigenvalue weighted by Gasteiger charge is -2.25. The standard InChI is InChI=1S/C21H17N3O5/c1-2-21(14-9-4-3-5-10-14)19(27)24(20(28)22-21)23-17(25)15-12-13-8-6-7-11-16(13)29-18(15)26/h3-12H,2H2,1H3,(H,22,28)(H,23,25)/t21-/m0/s1. The number of imide groups is 1. The first-order valence-electron chi connectivity index (χ1n) is 9.02. The number of hydrazine groups is 1. The number of carbonyl (C=O) groups excluding carboxylic acids is 3. The summed E-state index contributed by atoms with van der Waals surface area (Å²) in [5.41, 5.74) is 0.701. The minimum atomic E-state index is -1.29. The van der Waals surface area contributed by atoms with Crippen molar-refractivity contribution in [2.75, 3.05) is 0 Å². The third-order valence-corrected chi connectivity index (χ3v) is 4.99. The van der Waals surface area contributed by atoms with Gasteiger partial charge in [0.25, 0.3) is 11.8 Å². The van der Waals surface area contributed by atoms with Crippen molar-refractivity contribution >= 4 is 28.8 Å². The van der Waals surface area contributed by atoms with Crippen LogP contribution in [0.25, 0.3) is 11.0 Å². The third kappa shape index (κ3) is 2.94. The quantitative estimate of drug-likeness (QED) is 0.524. The van der Waals surface area contributed by atoms with E-state index in [0.717, 1.165) is 0 Å². The lowest BCUT2D eigenvalue weighted by atomic mass is 9.87. The number of para-hydroxylation sites is 1. The fraction of sp³-hybridized carbons (Fsp3) is 0.143. The van der Waals surface area contributed by atoms with E-state index in [1.54, 1.807) is 61.5 Å². The molecule has 29 heavy (non-hydrogen) atoms. The summed E-state index contributed by atoms with van der Waals surface area (Å²) in [5.74, 6) is -1.54. The first kappa shape index (κ1) is 18.4. The van der Waals surface area contributed by atoms with Crippen LogP contribution in [0, 0.1) is 0 Å². The Bertz CT molecular complexity index is 1190. The van der Waals surface area contributed by atoms with Crippen molar-refractivity contribution in [2.45, 2.75) is 18.9 Å². The van der Waals surface area contributed by atoms with Crippen LogP contribution in [-0.2, 0) is 10.3 Å². The maximum atomic E-state index is 13.1. The Hall–Kier alpha value is -3.94. The highest BCUT2D eigenvalue weighted by Gasteiger charge is 2.52. The van der Waals surface area contributed by atoms with E-state index in [4.69, 9.17) is 4.42 Å². The minimum Gasteiger partial charge on any atom is -0.422 e. The number of rotatable bonds is 4. The molecule has 2 aromatic carbocycles. The number of benzene rings is 2. The van der Waals surface area contributed by atoms with Crippen LogP contribution in [0.2, 0.25) is 0 Å². The van der Waals surface area contributed by atoms with E-state index in [1.165, 1.54) is 6.07 Å². The molecule has 8 heteroatoms. The molecule has 0 unspecified atom stereocenters. The molecule has 0 spiro atoms. The van der Waals surface area contributed by atoms with Crippen molar-refractivity contribution in [3.8, 4) is 0 Å². The Morgan fingerprint density at radius 1 is 1.07 bits per heavy atom. The van der Waals surface area contributed by atoms with Crippen LogP contribution in [0.1, 0.15) is 29.3 Å². The van der Waals surface area contributed by atoms with E-state index in [0.29, 0.717) is 21.5 Å². The number of amides is 4. The smallest absolute Gasteiger partial charge is 0.349 e. The van der Waals surface area contributed by atoms with Crippen molar-refractivity contribution in [3.63, 3.8) is 0 Å². The molecule has 0 bridgehead atoms. The fourth-order valence-corrected chi connectivity index (χ4v) is 3.42. The van der Waals surface area contributed by atoms with Gasteiger partial charge in [0.1, 0.15) is 16.7 Å². The van der Waals surface area contributed by atoms with Crippen LogP contribution in [0.5, 0.6) is 0 Å². The average molecular weight is 391 g/mol. The number of hydrogen-bond donors (Lipinski definition) is 2. The summed E-state index contributed by atoms with van der Waals surface area (Å²) in [6, 6.07) is 16.1. The van der Waals surface area contributed by atoms with Crippen molar-refractivity contribution < 1.29 is 18.8 Å². The van der Waals surface area contributed by atoms with Crippen LogP contribution in [0.4, 0.5) is 4.79 Å². The number of urea groups is 1. The highest BCUT2D eigenvalue weighted by atomic mass is 16.4. The molecule has 4 amide bonds. The Labute approximate surface area is 165 Å². The molecule has 1 atom stereocenters. The minimum absolute atomic E-state index is 0.284. The van der Waals surface area contributed by atoms with Crippen LogP contribution in [0.15, 0.2) is 69.9 Å². The zero-order chi connectivity index (χ0) is 20.6. The van der Waals surface area contributed by atoms with Crippen molar-refractivity contribution in [3.05, 3.63) is 82.2 Å². The van der Waals surface area contributed by atoms with E-state index >= 15 is 0 Å². The molecule has 3 aromatic rings. The van der Waals surface area contributed by atoms with Crippen molar-refractivity contribution in [1.82, 2.24) is 15.8 Å². The molecular formula is C21H17N3O5. The first-order chi connectivity index (χ1) is 14.0. The number of nitrogens with zero attached hydrogens (tertiary/aromatic N) is 1. The lowest BCUT2D eigenvalue weighted by Crippen LogP contribution is -2.49. The molecule has 0 aliphatic carbocycles. The highest BCUT2D eigenvalue weighted by Crippen LogP contribution is 2.31. The van der Waals surface area contributed by atoms with E-state index in [9.17, 15) is 19.2 Å². The number of hydrogen-bond acceptors (Lipinski definition) is 5. The predicted octanol–water partition coefficient (Wildman–Crippen LogP) is 2.30. The number of carbonyl (C=O) groups is 3. The van der Waals surface area contributed by atoms with Gasteiger partial charge < -0.3 is 9.73 Å². The summed E-state index contributed by atoms with van der Waals surface area (Å²) < 4.78 is 5.14. The summed E-state index contributed by atoms with van der Waals surface area (Å²) >= 11 is 0. The van der Waals surface area contributed by atoms with Gasteiger partial charge in [-0.15, -0.1) is 0 Å². The largest absolute Gasteiger partial charge is 0.422 e. The fourth-order valence-electron chi connectivity index (χ4n) is 3.42. The highest BCUT2D eigenvalue weighted by molar-refractivity contribution is 6.09. The summed E-state index contributed by atoms with van der Waals surface area (Å²) in [7, 11) is 0. The zero-order valence-electron chi connectivity index (χ0n) is 15.5. The van der Waals surface area contributed by atoms with Gasteiger partial charge in [-0.05, 0) is 24.1 Å². The summed E-state index contributed by atoms with van der Waals surface area (Å²) in [4.78, 5) is 50.4. The second-order valence-electron chi connectivity index (χ2n) is 6.62. The summed E-state index contributed by atoms with van der Waals surface area (Å²) in [5, 5.41) is 3.80. The number of nitrogens with one attached hydrogen (secondary N) is 2. The molecule has 1 aliphatic heterocycles. The Morgan fingerprint density at radius 3 is 2.48 bits per heavy atom. The summed E-state index contributed by atoms with van der Waals surface area (Å²) in [6.07, 6.45) is 0.284. The van der Waals surface area contributed by atoms with Crippen LogP contribution in [-0.4, -0.2) is 22.9 Å². The lowest BCUT2D eigenvalue weighted by molar-refractivity contribution is -0.133. The van der Waals surface area contributed by atoms with Gasteiger partial charge in [0.2, 0.25) is 0 Å². The summed E-state index contributed by atoms with van der Waals surface area (Å²) in [6.45, 7) is 1.76. The zero-order valence-corrected chi connectivity index (χ0v) is 15.5. The third-order valence-electron chi connectivity index (χ3n) is 4.99. The molecule has 0 saturated carbocycles. The maximum absolute atomic E-state index is 13.1. The molecule has 4 rings (SSSR count). The molecule has 0 radical (unpaired) electrons. The monoisotopic (exact) mass is 391 g/mol. The second kappa shape index (κ2) is 6.90. The first-order valence-corrected chi connectivity index (χ1v) is 9.02. The molecule has 8 nitrogen and oxygen atoms in total. The van der Waals surface area contributed by atoms with E-state index in [2.05, 4.69) is 10.7 Å². The van der Waals surface area contributed by atoms with Gasteiger partial charge in [-0.1, -0.05) is 55.5 Å². The second-order valence-corrected chi connectivity index (χ2v) is 6.62. The Kier molecular flexibility index (Phi) is 4.38. The molecule has 1 fully saturated rings. The molecule has 1 saturated heterocycles. The van der Waals surface area contributed by atoms with E-state index < -0.39 is 29.0 Å². The topological polar surface area (TPSA) is 109 Å². The predicted molar refractivity (Wildman–Crippen MR) is 104 cm³/mol. The Morgan fingerprint density at radius 2 is 1.76 bits per heavy atom. The van der Waals surface area contributed by atoms with Crippen LogP contribution in [0.3, 0.4) is 0 Å². The molecule has 2 heterocycles. The van der Waals surface area contributed by atoms with Gasteiger partial charge in [0.15, 0.2) is 0 Å². The van der Waals surface area contributed by atoms with Crippen molar-refractivity contribution in [2.24, 2.45) is 0 Å². The van der Waals surface area contributed by atoms with E-state index in [-0.39, 0.29) is 12.0 Å². The van der Waals surface area contributed by atoms with Gasteiger partial charge in [-0.2, -0.15) is 5.01 Å². The molecule has 1 aromatic heterocycles. The van der Waals surface area contributed by atoms with Gasteiger partial charge in [0.05, 0.1) is 0 Å². The van der Waals surface area contributed by atoms with Crippen LogP contribution < -0.4 is 16.4 Å². The molecule has 1 aliphatic rings. The Balaban J connectivity index is 1.65. The van der Waals surface area contributed by atoms with Gasteiger partial charge in [-0.25, -0.2) is 9.59 Å². The average Bonchev–Trinajstić information content (AvgIpc) is 2.99. The SMILES string of the molecule is CC[C@@]1(c2ccccc2)NC(=O)N(NC(=O)c2cc3ccccc3oc2=O)C1=O. The van der Waals surface area contributed by atoms with Gasteiger partial charge >= 0.3 is 11.7 Å². The molecule has 2 N–H and O–H groups in total. The van der Waals surface area contributed by atoms with Crippen LogP contribution >= 0.6 is 0 Å². The van der Waals surface area contributed by atoms with Gasteiger partial charge in [-0.3, -0.25) is 15.0 Å². The number of fused-ring (bicyclic) bond motifs is 1. The molecular weight excluding hydrogens is 374 g/mol.